The molecular formula is C16H14BrClN2O. The molecule has 2 aromatic carbocycles. The Balaban J connectivity index is 1.80. The molecule has 108 valence electrons. The van der Waals surface area contributed by atoms with Crippen molar-refractivity contribution in [3.05, 3.63) is 62.6 Å². The number of amides is 1. The first-order valence-corrected chi connectivity index (χ1v) is 7.89. The first-order chi connectivity index (χ1) is 10.1. The molecule has 0 saturated heterocycles. The van der Waals surface area contributed by atoms with E-state index in [9.17, 15) is 4.79 Å². The number of nitrogens with one attached hydrogen (secondary N) is 2. The van der Waals surface area contributed by atoms with Crippen LogP contribution in [-0.2, 0) is 13.0 Å². The van der Waals surface area contributed by atoms with Gasteiger partial charge < -0.3 is 10.6 Å². The fraction of sp³-hybridized carbons (Fsp3) is 0.188. The van der Waals surface area contributed by atoms with E-state index in [1.54, 1.807) is 6.07 Å². The summed E-state index contributed by atoms with van der Waals surface area (Å²) in [4.78, 5) is 12.3. The standard InChI is InChI=1S/C16H14BrClN2O/c17-14-4-3-13(8-15(14)18)20-16(21)11-2-1-10-5-6-19-9-12(10)7-11/h1-4,7-8,19H,5-6,9H2,(H,20,21). The lowest BCUT2D eigenvalue weighted by atomic mass is 9.98. The second kappa shape index (κ2) is 6.18. The van der Waals surface area contributed by atoms with Crippen LogP contribution < -0.4 is 10.6 Å². The zero-order valence-electron chi connectivity index (χ0n) is 11.2. The summed E-state index contributed by atoms with van der Waals surface area (Å²) in [5, 5.41) is 6.76. The summed E-state index contributed by atoms with van der Waals surface area (Å²) >= 11 is 9.36. The molecule has 0 spiro atoms. The van der Waals surface area contributed by atoms with Crippen molar-refractivity contribution in [1.82, 2.24) is 5.32 Å². The summed E-state index contributed by atoms with van der Waals surface area (Å²) < 4.78 is 0.807. The molecule has 3 nitrogen and oxygen atoms in total. The van der Waals surface area contributed by atoms with Crippen LogP contribution in [0.1, 0.15) is 21.5 Å². The van der Waals surface area contributed by atoms with Crippen molar-refractivity contribution in [2.75, 3.05) is 11.9 Å². The molecule has 0 atom stereocenters. The largest absolute Gasteiger partial charge is 0.322 e. The average molecular weight is 366 g/mol. The van der Waals surface area contributed by atoms with Crippen molar-refractivity contribution < 1.29 is 4.79 Å². The van der Waals surface area contributed by atoms with Crippen LogP contribution in [0.3, 0.4) is 0 Å². The number of anilines is 1. The molecule has 1 amide bonds. The van der Waals surface area contributed by atoms with Crippen LogP contribution in [0.25, 0.3) is 0 Å². The van der Waals surface area contributed by atoms with Crippen LogP contribution in [-0.4, -0.2) is 12.5 Å². The number of benzene rings is 2. The summed E-state index contributed by atoms with van der Waals surface area (Å²) in [6, 6.07) is 11.2. The minimum absolute atomic E-state index is 0.123. The summed E-state index contributed by atoms with van der Waals surface area (Å²) in [5.74, 6) is -0.123. The first-order valence-electron chi connectivity index (χ1n) is 6.72. The second-order valence-electron chi connectivity index (χ2n) is 4.99. The van der Waals surface area contributed by atoms with Crippen molar-refractivity contribution in [1.29, 1.82) is 0 Å². The normalized spacial score (nSPS) is 13.6. The van der Waals surface area contributed by atoms with Gasteiger partial charge in [-0.25, -0.2) is 0 Å². The highest BCUT2D eigenvalue weighted by molar-refractivity contribution is 9.10. The van der Waals surface area contributed by atoms with Crippen molar-refractivity contribution in [2.24, 2.45) is 0 Å². The topological polar surface area (TPSA) is 41.1 Å². The number of rotatable bonds is 2. The van der Waals surface area contributed by atoms with Gasteiger partial charge in [-0.1, -0.05) is 17.7 Å². The van der Waals surface area contributed by atoms with Gasteiger partial charge in [0.05, 0.1) is 5.02 Å². The van der Waals surface area contributed by atoms with E-state index in [4.69, 9.17) is 11.6 Å². The van der Waals surface area contributed by atoms with Gasteiger partial charge in [-0.2, -0.15) is 0 Å². The Labute approximate surface area is 136 Å². The third-order valence-corrected chi connectivity index (χ3v) is 4.76. The Hall–Kier alpha value is -1.36. The summed E-state index contributed by atoms with van der Waals surface area (Å²) in [5.41, 5.74) is 3.86. The van der Waals surface area contributed by atoms with Gasteiger partial charge in [0, 0.05) is 22.3 Å². The van der Waals surface area contributed by atoms with Gasteiger partial charge in [0.15, 0.2) is 0 Å². The predicted molar refractivity (Wildman–Crippen MR) is 89.0 cm³/mol. The van der Waals surface area contributed by atoms with E-state index in [1.165, 1.54) is 11.1 Å². The Kier molecular flexibility index (Phi) is 4.29. The maximum atomic E-state index is 12.3. The summed E-state index contributed by atoms with van der Waals surface area (Å²) in [6.45, 7) is 1.82. The van der Waals surface area contributed by atoms with Crippen LogP contribution in [0, 0.1) is 0 Å². The molecule has 21 heavy (non-hydrogen) atoms. The highest BCUT2D eigenvalue weighted by atomic mass is 79.9. The van der Waals surface area contributed by atoms with Crippen LogP contribution in [0.5, 0.6) is 0 Å². The third kappa shape index (κ3) is 3.28. The van der Waals surface area contributed by atoms with E-state index in [2.05, 4.69) is 26.6 Å². The summed E-state index contributed by atoms with van der Waals surface area (Å²) in [6.07, 6.45) is 1.01. The van der Waals surface area contributed by atoms with Crippen LogP contribution in [0.15, 0.2) is 40.9 Å². The zero-order valence-corrected chi connectivity index (χ0v) is 13.6. The monoisotopic (exact) mass is 364 g/mol. The second-order valence-corrected chi connectivity index (χ2v) is 6.25. The number of carbonyl (C=O) groups is 1. The molecule has 2 N–H and O–H groups in total. The molecule has 1 heterocycles. The number of hydrogen-bond donors (Lipinski definition) is 2. The van der Waals surface area contributed by atoms with Crippen molar-refractivity contribution >= 4 is 39.1 Å². The zero-order chi connectivity index (χ0) is 14.8. The molecule has 0 aliphatic carbocycles. The lowest BCUT2D eigenvalue weighted by Gasteiger charge is -2.17. The van der Waals surface area contributed by atoms with Crippen LogP contribution in [0.4, 0.5) is 5.69 Å². The van der Waals surface area contributed by atoms with E-state index in [0.717, 1.165) is 24.0 Å². The van der Waals surface area contributed by atoms with Gasteiger partial charge in [0.25, 0.3) is 5.91 Å². The fourth-order valence-electron chi connectivity index (χ4n) is 2.40. The lowest BCUT2D eigenvalue weighted by molar-refractivity contribution is 0.102. The SMILES string of the molecule is O=C(Nc1ccc(Br)c(Cl)c1)c1ccc2c(c1)CNCC2. The smallest absolute Gasteiger partial charge is 0.255 e. The van der Waals surface area contributed by atoms with E-state index in [-0.39, 0.29) is 5.91 Å². The van der Waals surface area contributed by atoms with Crippen LogP contribution >= 0.6 is 27.5 Å². The third-order valence-electron chi connectivity index (χ3n) is 3.53. The number of halogens is 2. The Morgan fingerprint density at radius 2 is 2.05 bits per heavy atom. The Bertz CT molecular complexity index is 703. The van der Waals surface area contributed by atoms with E-state index in [1.807, 2.05) is 30.3 Å². The van der Waals surface area contributed by atoms with Crippen molar-refractivity contribution in [3.63, 3.8) is 0 Å². The van der Waals surface area contributed by atoms with Crippen molar-refractivity contribution in [2.45, 2.75) is 13.0 Å². The first kappa shape index (κ1) is 14.6. The molecule has 1 aliphatic rings. The minimum atomic E-state index is -0.123. The molecule has 0 bridgehead atoms. The molecule has 0 fully saturated rings. The molecule has 5 heteroatoms. The summed E-state index contributed by atoms with van der Waals surface area (Å²) in [7, 11) is 0. The quantitative estimate of drug-likeness (QED) is 0.844. The predicted octanol–water partition coefficient (Wildman–Crippen LogP) is 4.00. The van der Waals surface area contributed by atoms with Gasteiger partial charge in [0.1, 0.15) is 0 Å². The van der Waals surface area contributed by atoms with E-state index >= 15 is 0 Å². The molecule has 0 aromatic heterocycles. The van der Waals surface area contributed by atoms with E-state index < -0.39 is 0 Å². The van der Waals surface area contributed by atoms with Crippen LogP contribution in [0.2, 0.25) is 5.02 Å². The van der Waals surface area contributed by atoms with E-state index in [0.29, 0.717) is 16.3 Å². The fourth-order valence-corrected chi connectivity index (χ4v) is 2.83. The van der Waals surface area contributed by atoms with Crippen molar-refractivity contribution in [3.8, 4) is 0 Å². The molecule has 0 radical (unpaired) electrons. The molecule has 2 aromatic rings. The van der Waals surface area contributed by atoms with Gasteiger partial charge >= 0.3 is 0 Å². The molecule has 1 aliphatic heterocycles. The van der Waals surface area contributed by atoms with Gasteiger partial charge in [-0.3, -0.25) is 4.79 Å². The highest BCUT2D eigenvalue weighted by Crippen LogP contribution is 2.26. The Morgan fingerprint density at radius 1 is 1.19 bits per heavy atom. The molecular weight excluding hydrogens is 352 g/mol. The maximum Gasteiger partial charge on any atom is 0.255 e. The molecule has 0 saturated carbocycles. The van der Waals surface area contributed by atoms with Gasteiger partial charge in [-0.15, -0.1) is 0 Å². The Morgan fingerprint density at radius 3 is 2.86 bits per heavy atom. The highest BCUT2D eigenvalue weighted by Gasteiger charge is 2.13. The molecule has 3 rings (SSSR count). The number of hydrogen-bond acceptors (Lipinski definition) is 2. The average Bonchev–Trinajstić information content (AvgIpc) is 2.50. The van der Waals surface area contributed by atoms with Gasteiger partial charge in [0.2, 0.25) is 0 Å². The lowest BCUT2D eigenvalue weighted by Crippen LogP contribution is -2.24. The number of fused-ring (bicyclic) bond motifs is 1. The minimum Gasteiger partial charge on any atom is -0.322 e. The number of carbonyl (C=O) groups excluding carboxylic acids is 1. The maximum absolute atomic E-state index is 12.3. The molecule has 0 unspecified atom stereocenters. The van der Waals surface area contributed by atoms with Gasteiger partial charge in [-0.05, 0) is 70.4 Å².